The lowest BCUT2D eigenvalue weighted by atomic mass is 10.1. The van der Waals surface area contributed by atoms with E-state index in [4.69, 9.17) is 21.4 Å². The highest BCUT2D eigenvalue weighted by Gasteiger charge is 2.38. The number of rotatable bonds is 5. The van der Waals surface area contributed by atoms with E-state index in [1.165, 1.54) is 18.2 Å². The van der Waals surface area contributed by atoms with E-state index in [2.05, 4.69) is 0 Å². The summed E-state index contributed by atoms with van der Waals surface area (Å²) in [6.45, 7) is 2.17. The highest BCUT2D eigenvalue weighted by Crippen LogP contribution is 2.28. The molecule has 1 rings (SSSR count). The van der Waals surface area contributed by atoms with Gasteiger partial charge >= 0.3 is 11.9 Å². The van der Waals surface area contributed by atoms with Crippen LogP contribution in [0.25, 0.3) is 0 Å². The van der Waals surface area contributed by atoms with Crippen molar-refractivity contribution in [2.75, 3.05) is 6.61 Å². The number of halogens is 3. The Labute approximate surface area is 102 Å². The van der Waals surface area contributed by atoms with Crippen LogP contribution in [0.2, 0.25) is 5.02 Å². The number of hydrogen-bond acceptors (Lipinski definition) is 2. The van der Waals surface area contributed by atoms with E-state index in [1.54, 1.807) is 6.92 Å². The number of benzene rings is 1. The molecule has 0 atom stereocenters. The molecule has 6 heteroatoms. The normalized spacial score (nSPS) is 11.3. The first-order valence-corrected chi connectivity index (χ1v) is 5.27. The van der Waals surface area contributed by atoms with Crippen LogP contribution in [0.5, 0.6) is 5.75 Å². The van der Waals surface area contributed by atoms with Crippen molar-refractivity contribution >= 4 is 17.6 Å². The Hall–Kier alpha value is -1.36. The number of carboxylic acids is 1. The quantitative estimate of drug-likeness (QED) is 0.889. The first-order valence-electron chi connectivity index (χ1n) is 4.89. The number of carboxylic acid groups (broad SMARTS) is 1. The van der Waals surface area contributed by atoms with E-state index >= 15 is 0 Å². The molecule has 0 aromatic heterocycles. The van der Waals surface area contributed by atoms with Gasteiger partial charge in [-0.1, -0.05) is 17.7 Å². The molecule has 0 amide bonds. The summed E-state index contributed by atoms with van der Waals surface area (Å²) in [5.74, 6) is -5.56. The lowest BCUT2D eigenvalue weighted by Gasteiger charge is -2.12. The first-order chi connectivity index (χ1) is 7.86. The second kappa shape index (κ2) is 5.31. The Morgan fingerprint density at radius 2 is 2.18 bits per heavy atom. The summed E-state index contributed by atoms with van der Waals surface area (Å²) in [4.78, 5) is 10.3. The van der Waals surface area contributed by atoms with E-state index in [0.717, 1.165) is 0 Å². The third kappa shape index (κ3) is 3.56. The SMILES string of the molecule is CCOc1ccc(CC(F)(F)C(=O)O)cc1Cl. The molecule has 0 spiro atoms. The van der Waals surface area contributed by atoms with Crippen molar-refractivity contribution in [3.63, 3.8) is 0 Å². The van der Waals surface area contributed by atoms with Crippen LogP contribution in [-0.2, 0) is 11.2 Å². The topological polar surface area (TPSA) is 46.5 Å². The molecule has 1 aromatic carbocycles. The van der Waals surface area contributed by atoms with Crippen LogP contribution in [0.3, 0.4) is 0 Å². The molecular weight excluding hydrogens is 254 g/mol. The van der Waals surface area contributed by atoms with Gasteiger partial charge < -0.3 is 9.84 Å². The maximum absolute atomic E-state index is 12.9. The minimum atomic E-state index is -3.80. The molecule has 0 saturated carbocycles. The number of ether oxygens (including phenoxy) is 1. The van der Waals surface area contributed by atoms with Crippen molar-refractivity contribution < 1.29 is 23.4 Å². The third-order valence-electron chi connectivity index (χ3n) is 2.04. The number of carbonyl (C=O) groups is 1. The zero-order valence-electron chi connectivity index (χ0n) is 9.04. The highest BCUT2D eigenvalue weighted by molar-refractivity contribution is 6.32. The average Bonchev–Trinajstić information content (AvgIpc) is 2.21. The van der Waals surface area contributed by atoms with Crippen molar-refractivity contribution in [1.82, 2.24) is 0 Å². The molecule has 0 saturated heterocycles. The highest BCUT2D eigenvalue weighted by atomic mass is 35.5. The summed E-state index contributed by atoms with van der Waals surface area (Å²) in [5.41, 5.74) is 0.144. The van der Waals surface area contributed by atoms with Gasteiger partial charge in [0.25, 0.3) is 0 Å². The van der Waals surface area contributed by atoms with Gasteiger partial charge in [0.2, 0.25) is 0 Å². The number of aliphatic carboxylic acids is 1. The summed E-state index contributed by atoms with van der Waals surface area (Å²) < 4.78 is 31.0. The second-order valence-electron chi connectivity index (χ2n) is 3.38. The van der Waals surface area contributed by atoms with Crippen molar-refractivity contribution in [3.8, 4) is 5.75 Å². The molecular formula is C11H11ClF2O3. The van der Waals surface area contributed by atoms with E-state index in [0.29, 0.717) is 12.4 Å². The summed E-state index contributed by atoms with van der Waals surface area (Å²) in [5, 5.41) is 8.49. The van der Waals surface area contributed by atoms with Gasteiger partial charge in [-0.25, -0.2) is 4.79 Å². The lowest BCUT2D eigenvalue weighted by Crippen LogP contribution is -2.30. The summed E-state index contributed by atoms with van der Waals surface area (Å²) >= 11 is 5.80. The first kappa shape index (κ1) is 13.7. The molecule has 0 heterocycles. The van der Waals surface area contributed by atoms with Gasteiger partial charge in [-0.15, -0.1) is 0 Å². The molecule has 94 valence electrons. The fourth-order valence-electron chi connectivity index (χ4n) is 1.26. The van der Waals surface area contributed by atoms with Gasteiger partial charge in [0, 0.05) is 6.42 Å². The molecule has 1 N–H and O–H groups in total. The Balaban J connectivity index is 2.87. The van der Waals surface area contributed by atoms with Gasteiger partial charge in [0.05, 0.1) is 11.6 Å². The predicted octanol–water partition coefficient (Wildman–Crippen LogP) is 3.00. The molecule has 0 aliphatic carbocycles. The van der Waals surface area contributed by atoms with Crippen molar-refractivity contribution in [1.29, 1.82) is 0 Å². The third-order valence-corrected chi connectivity index (χ3v) is 2.33. The monoisotopic (exact) mass is 264 g/mol. The van der Waals surface area contributed by atoms with Crippen LogP contribution < -0.4 is 4.74 Å². The zero-order valence-corrected chi connectivity index (χ0v) is 9.80. The van der Waals surface area contributed by atoms with Crippen molar-refractivity contribution in [2.24, 2.45) is 0 Å². The second-order valence-corrected chi connectivity index (χ2v) is 3.79. The van der Waals surface area contributed by atoms with Crippen molar-refractivity contribution in [3.05, 3.63) is 28.8 Å². The van der Waals surface area contributed by atoms with Crippen LogP contribution in [0.15, 0.2) is 18.2 Å². The zero-order chi connectivity index (χ0) is 13.1. The Bertz CT molecular complexity index is 421. The molecule has 0 fully saturated rings. The van der Waals surface area contributed by atoms with Gasteiger partial charge in [-0.3, -0.25) is 0 Å². The molecule has 0 aliphatic rings. The summed E-state index contributed by atoms with van der Waals surface area (Å²) in [6, 6.07) is 4.09. The molecule has 17 heavy (non-hydrogen) atoms. The van der Waals surface area contributed by atoms with Crippen molar-refractivity contribution in [2.45, 2.75) is 19.3 Å². The molecule has 3 nitrogen and oxygen atoms in total. The largest absolute Gasteiger partial charge is 0.492 e. The minimum Gasteiger partial charge on any atom is -0.492 e. The fraction of sp³-hybridized carbons (Fsp3) is 0.364. The maximum atomic E-state index is 12.9. The van der Waals surface area contributed by atoms with Crippen LogP contribution in [0.4, 0.5) is 8.78 Å². The van der Waals surface area contributed by atoms with Gasteiger partial charge in [0.15, 0.2) is 0 Å². The Morgan fingerprint density at radius 1 is 1.53 bits per heavy atom. The van der Waals surface area contributed by atoms with Gasteiger partial charge in [-0.2, -0.15) is 8.78 Å². The van der Waals surface area contributed by atoms with Crippen LogP contribution in [0, 0.1) is 0 Å². The summed E-state index contributed by atoms with van der Waals surface area (Å²) in [6.07, 6.45) is -0.894. The molecule has 0 bridgehead atoms. The standard InChI is InChI=1S/C11H11ClF2O3/c1-2-17-9-4-3-7(5-8(9)12)6-11(13,14)10(15)16/h3-5H,2,6H2,1H3,(H,15,16). The smallest absolute Gasteiger partial charge is 0.374 e. The van der Waals surface area contributed by atoms with E-state index in [9.17, 15) is 13.6 Å². The van der Waals surface area contributed by atoms with E-state index < -0.39 is 18.3 Å². The van der Waals surface area contributed by atoms with Gasteiger partial charge in [0.1, 0.15) is 5.75 Å². The minimum absolute atomic E-state index is 0.144. The van der Waals surface area contributed by atoms with E-state index in [1.807, 2.05) is 0 Å². The molecule has 0 unspecified atom stereocenters. The maximum Gasteiger partial charge on any atom is 0.374 e. The fourth-order valence-corrected chi connectivity index (χ4v) is 1.52. The lowest BCUT2D eigenvalue weighted by molar-refractivity contribution is -0.164. The van der Waals surface area contributed by atoms with Gasteiger partial charge in [-0.05, 0) is 24.6 Å². The number of hydrogen-bond donors (Lipinski definition) is 1. The number of alkyl halides is 2. The molecule has 1 aromatic rings. The van der Waals surface area contributed by atoms with Crippen LogP contribution in [0.1, 0.15) is 12.5 Å². The Kier molecular flexibility index (Phi) is 4.28. The van der Waals surface area contributed by atoms with Crippen LogP contribution in [-0.4, -0.2) is 23.6 Å². The summed E-state index contributed by atoms with van der Waals surface area (Å²) in [7, 11) is 0. The Morgan fingerprint density at radius 3 is 2.65 bits per heavy atom. The molecule has 0 radical (unpaired) electrons. The predicted molar refractivity (Wildman–Crippen MR) is 58.9 cm³/mol. The van der Waals surface area contributed by atoms with E-state index in [-0.39, 0.29) is 10.6 Å². The van der Waals surface area contributed by atoms with Crippen LogP contribution >= 0.6 is 11.6 Å². The molecule has 0 aliphatic heterocycles. The average molecular weight is 265 g/mol.